The average molecular weight is 269 g/mol. The molecule has 0 aromatic carbocycles. The predicted octanol–water partition coefficient (Wildman–Crippen LogP) is 3.05. The molecule has 1 aromatic rings. The number of hydrogen-bond donors (Lipinski definition) is 1. The Morgan fingerprint density at radius 1 is 1.42 bits per heavy atom. The van der Waals surface area contributed by atoms with Crippen molar-refractivity contribution in [3.05, 3.63) is 23.7 Å². The third-order valence-corrected chi connectivity index (χ3v) is 2.40. The first-order chi connectivity index (χ1) is 8.85. The van der Waals surface area contributed by atoms with Crippen molar-refractivity contribution >= 4 is 6.09 Å². The van der Waals surface area contributed by atoms with E-state index in [0.717, 1.165) is 12.2 Å². The molecule has 19 heavy (non-hydrogen) atoms. The minimum absolute atomic E-state index is 0.329. The van der Waals surface area contributed by atoms with Gasteiger partial charge < -0.3 is 19.2 Å². The van der Waals surface area contributed by atoms with Crippen molar-refractivity contribution in [2.75, 3.05) is 13.7 Å². The molecule has 1 atom stereocenters. The minimum Gasteiger partial charge on any atom is -0.464 e. The number of alkyl carbamates (subject to hydrolysis) is 1. The van der Waals surface area contributed by atoms with Gasteiger partial charge in [0.05, 0.1) is 6.61 Å². The lowest BCUT2D eigenvalue weighted by Gasteiger charge is -2.22. The molecule has 0 saturated heterocycles. The van der Waals surface area contributed by atoms with Crippen molar-refractivity contribution in [2.45, 2.75) is 45.8 Å². The molecular weight excluding hydrogens is 246 g/mol. The van der Waals surface area contributed by atoms with Crippen molar-refractivity contribution in [3.8, 4) is 0 Å². The van der Waals surface area contributed by atoms with Crippen LogP contribution in [0, 0.1) is 0 Å². The maximum absolute atomic E-state index is 11.8. The Hall–Kier alpha value is -1.49. The SMILES string of the molecule is CCc1ccc(C(COC)NC(=O)OC(C)(C)C)o1. The molecule has 1 heterocycles. The molecule has 1 rings (SSSR count). The average Bonchev–Trinajstić information content (AvgIpc) is 2.74. The van der Waals surface area contributed by atoms with E-state index in [1.54, 1.807) is 7.11 Å². The molecule has 0 bridgehead atoms. The van der Waals surface area contributed by atoms with Gasteiger partial charge in [0.15, 0.2) is 0 Å². The predicted molar refractivity (Wildman–Crippen MR) is 72.1 cm³/mol. The Labute approximate surface area is 114 Å². The van der Waals surface area contributed by atoms with Crippen LogP contribution in [0.3, 0.4) is 0 Å². The van der Waals surface area contributed by atoms with Crippen LogP contribution in [-0.2, 0) is 15.9 Å². The molecule has 0 aliphatic rings. The van der Waals surface area contributed by atoms with Gasteiger partial charge in [-0.25, -0.2) is 4.79 Å². The first-order valence-corrected chi connectivity index (χ1v) is 6.42. The van der Waals surface area contributed by atoms with Crippen LogP contribution < -0.4 is 5.32 Å². The fourth-order valence-corrected chi connectivity index (χ4v) is 1.58. The van der Waals surface area contributed by atoms with Gasteiger partial charge in [-0.1, -0.05) is 6.92 Å². The number of amides is 1. The van der Waals surface area contributed by atoms with Crippen molar-refractivity contribution < 1.29 is 18.7 Å². The van der Waals surface area contributed by atoms with Crippen LogP contribution in [0.15, 0.2) is 16.5 Å². The number of hydrogen-bond acceptors (Lipinski definition) is 4. The van der Waals surface area contributed by atoms with Crippen LogP contribution in [0.2, 0.25) is 0 Å². The Balaban J connectivity index is 2.69. The summed E-state index contributed by atoms with van der Waals surface area (Å²) in [6.45, 7) is 7.80. The number of rotatable bonds is 5. The van der Waals surface area contributed by atoms with Crippen LogP contribution in [0.5, 0.6) is 0 Å². The summed E-state index contributed by atoms with van der Waals surface area (Å²) >= 11 is 0. The van der Waals surface area contributed by atoms with Crippen LogP contribution in [0.25, 0.3) is 0 Å². The first kappa shape index (κ1) is 15.6. The summed E-state index contributed by atoms with van der Waals surface area (Å²) in [5.74, 6) is 1.55. The zero-order valence-corrected chi connectivity index (χ0v) is 12.3. The molecule has 0 spiro atoms. The largest absolute Gasteiger partial charge is 0.464 e. The molecular formula is C14H23NO4. The van der Waals surface area contributed by atoms with Gasteiger partial charge in [-0.2, -0.15) is 0 Å². The normalized spacial score (nSPS) is 13.1. The first-order valence-electron chi connectivity index (χ1n) is 6.42. The van der Waals surface area contributed by atoms with E-state index in [1.807, 2.05) is 39.8 Å². The lowest BCUT2D eigenvalue weighted by molar-refractivity contribution is 0.0455. The highest BCUT2D eigenvalue weighted by molar-refractivity contribution is 5.68. The van der Waals surface area contributed by atoms with Crippen molar-refractivity contribution in [1.29, 1.82) is 0 Å². The second kappa shape index (κ2) is 6.61. The lowest BCUT2D eigenvalue weighted by atomic mass is 10.2. The number of carbonyl (C=O) groups is 1. The second-order valence-electron chi connectivity index (χ2n) is 5.31. The van der Waals surface area contributed by atoms with E-state index in [1.165, 1.54) is 0 Å². The molecule has 1 aromatic heterocycles. The molecule has 1 N–H and O–H groups in total. The standard InChI is InChI=1S/C14H23NO4/c1-6-10-7-8-12(18-10)11(9-17-5)15-13(16)19-14(2,3)4/h7-8,11H,6,9H2,1-5H3,(H,15,16). The number of furan rings is 1. The van der Waals surface area contributed by atoms with Crippen LogP contribution >= 0.6 is 0 Å². The second-order valence-corrected chi connectivity index (χ2v) is 5.31. The molecule has 5 heteroatoms. The smallest absolute Gasteiger partial charge is 0.408 e. The molecule has 0 aliphatic heterocycles. The summed E-state index contributed by atoms with van der Waals surface area (Å²) in [7, 11) is 1.58. The van der Waals surface area contributed by atoms with Crippen molar-refractivity contribution in [3.63, 3.8) is 0 Å². The summed E-state index contributed by atoms with van der Waals surface area (Å²) in [5, 5.41) is 2.75. The van der Waals surface area contributed by atoms with E-state index in [-0.39, 0.29) is 6.04 Å². The monoisotopic (exact) mass is 269 g/mol. The summed E-state index contributed by atoms with van der Waals surface area (Å²) in [6, 6.07) is 3.40. The van der Waals surface area contributed by atoms with Crippen molar-refractivity contribution in [1.82, 2.24) is 5.32 Å². The fraction of sp³-hybridized carbons (Fsp3) is 0.643. The van der Waals surface area contributed by atoms with E-state index >= 15 is 0 Å². The Morgan fingerprint density at radius 3 is 2.58 bits per heavy atom. The number of aryl methyl sites for hydroxylation is 1. The molecule has 108 valence electrons. The van der Waals surface area contributed by atoms with Gasteiger partial charge in [0.25, 0.3) is 0 Å². The maximum Gasteiger partial charge on any atom is 0.408 e. The summed E-state index contributed by atoms with van der Waals surface area (Å²) < 4.78 is 16.0. The van der Waals surface area contributed by atoms with Gasteiger partial charge in [0, 0.05) is 13.5 Å². The Kier molecular flexibility index (Phi) is 5.42. The zero-order valence-electron chi connectivity index (χ0n) is 12.3. The molecule has 1 amide bonds. The molecule has 0 radical (unpaired) electrons. The maximum atomic E-state index is 11.8. The van der Waals surface area contributed by atoms with E-state index < -0.39 is 11.7 Å². The topological polar surface area (TPSA) is 60.7 Å². The van der Waals surface area contributed by atoms with E-state index in [2.05, 4.69) is 5.32 Å². The highest BCUT2D eigenvalue weighted by atomic mass is 16.6. The third kappa shape index (κ3) is 5.34. The summed E-state index contributed by atoms with van der Waals surface area (Å²) in [5.41, 5.74) is -0.528. The lowest BCUT2D eigenvalue weighted by Crippen LogP contribution is -2.36. The van der Waals surface area contributed by atoms with Gasteiger partial charge in [0.1, 0.15) is 23.2 Å². The van der Waals surface area contributed by atoms with Gasteiger partial charge in [0.2, 0.25) is 0 Å². The highest BCUT2D eigenvalue weighted by Gasteiger charge is 2.22. The quantitative estimate of drug-likeness (QED) is 0.892. The molecule has 0 aliphatic carbocycles. The molecule has 0 saturated carbocycles. The van der Waals surface area contributed by atoms with E-state index in [0.29, 0.717) is 12.4 Å². The molecule has 1 unspecified atom stereocenters. The number of methoxy groups -OCH3 is 1. The van der Waals surface area contributed by atoms with Gasteiger partial charge in [-0.15, -0.1) is 0 Å². The number of ether oxygens (including phenoxy) is 2. The van der Waals surface area contributed by atoms with Crippen LogP contribution in [0.4, 0.5) is 4.79 Å². The Bertz CT molecular complexity index is 406. The third-order valence-electron chi connectivity index (χ3n) is 2.40. The Morgan fingerprint density at radius 2 is 2.11 bits per heavy atom. The fourth-order valence-electron chi connectivity index (χ4n) is 1.58. The van der Waals surface area contributed by atoms with Crippen LogP contribution in [0.1, 0.15) is 45.3 Å². The molecule has 0 fully saturated rings. The van der Waals surface area contributed by atoms with Gasteiger partial charge in [-0.3, -0.25) is 0 Å². The summed E-state index contributed by atoms with van der Waals surface area (Å²) in [4.78, 5) is 11.8. The summed E-state index contributed by atoms with van der Waals surface area (Å²) in [6.07, 6.45) is 0.329. The van der Waals surface area contributed by atoms with Gasteiger partial charge >= 0.3 is 6.09 Å². The number of carbonyl (C=O) groups excluding carboxylic acids is 1. The van der Waals surface area contributed by atoms with E-state index in [4.69, 9.17) is 13.9 Å². The molecule has 5 nitrogen and oxygen atoms in total. The number of nitrogens with one attached hydrogen (secondary N) is 1. The zero-order chi connectivity index (χ0) is 14.5. The van der Waals surface area contributed by atoms with Gasteiger partial charge in [-0.05, 0) is 32.9 Å². The van der Waals surface area contributed by atoms with Crippen molar-refractivity contribution in [2.24, 2.45) is 0 Å². The van der Waals surface area contributed by atoms with Crippen LogP contribution in [-0.4, -0.2) is 25.4 Å². The minimum atomic E-state index is -0.528. The highest BCUT2D eigenvalue weighted by Crippen LogP contribution is 2.18. The van der Waals surface area contributed by atoms with E-state index in [9.17, 15) is 4.79 Å².